The van der Waals surface area contributed by atoms with E-state index in [9.17, 15) is 4.39 Å². The molecule has 1 fully saturated rings. The number of nitrogens with two attached hydrogens (primary N) is 1. The molecule has 1 saturated carbocycles. The van der Waals surface area contributed by atoms with E-state index in [2.05, 4.69) is 0 Å². The second-order valence-electron chi connectivity index (χ2n) is 4.18. The van der Waals surface area contributed by atoms with Crippen LogP contribution >= 0.6 is 0 Å². The van der Waals surface area contributed by atoms with Crippen LogP contribution in [0.5, 0.6) is 5.75 Å². The van der Waals surface area contributed by atoms with Crippen LogP contribution in [-0.2, 0) is 0 Å². The van der Waals surface area contributed by atoms with Gasteiger partial charge < -0.3 is 10.5 Å². The smallest absolute Gasteiger partial charge is 0.165 e. The van der Waals surface area contributed by atoms with Gasteiger partial charge in [0.05, 0.1) is 7.11 Å². The zero-order valence-electron chi connectivity index (χ0n) is 8.87. The number of benzene rings is 1. The summed E-state index contributed by atoms with van der Waals surface area (Å²) in [5.74, 6) is 0.717. The van der Waals surface area contributed by atoms with E-state index in [1.807, 2.05) is 0 Å². The summed E-state index contributed by atoms with van der Waals surface area (Å²) in [6, 6.07) is 4.86. The molecular formula is C12H16FNO. The molecule has 0 spiro atoms. The van der Waals surface area contributed by atoms with Crippen molar-refractivity contribution in [1.82, 2.24) is 0 Å². The van der Waals surface area contributed by atoms with Crippen LogP contribution in [0.1, 0.15) is 30.9 Å². The van der Waals surface area contributed by atoms with E-state index in [0.29, 0.717) is 0 Å². The Hall–Kier alpha value is -1.09. The highest BCUT2D eigenvalue weighted by atomic mass is 19.1. The molecule has 1 aliphatic carbocycles. The first-order valence-corrected chi connectivity index (χ1v) is 5.29. The van der Waals surface area contributed by atoms with Crippen molar-refractivity contribution in [2.24, 2.45) is 11.7 Å². The quantitative estimate of drug-likeness (QED) is 0.827. The Kier molecular flexibility index (Phi) is 2.91. The van der Waals surface area contributed by atoms with Gasteiger partial charge in [-0.05, 0) is 30.0 Å². The minimum atomic E-state index is -0.333. The lowest BCUT2D eigenvalue weighted by molar-refractivity contribution is 0.385. The third kappa shape index (κ3) is 2.48. The van der Waals surface area contributed by atoms with Gasteiger partial charge in [-0.3, -0.25) is 0 Å². The van der Waals surface area contributed by atoms with Gasteiger partial charge in [0.2, 0.25) is 0 Å². The van der Waals surface area contributed by atoms with Gasteiger partial charge in [0.25, 0.3) is 0 Å². The highest BCUT2D eigenvalue weighted by Crippen LogP contribution is 2.37. The van der Waals surface area contributed by atoms with Crippen molar-refractivity contribution in [3.05, 3.63) is 29.6 Å². The molecule has 1 atom stereocenters. The monoisotopic (exact) mass is 209 g/mol. The van der Waals surface area contributed by atoms with E-state index in [-0.39, 0.29) is 17.6 Å². The second-order valence-corrected chi connectivity index (χ2v) is 4.18. The van der Waals surface area contributed by atoms with Crippen LogP contribution in [0, 0.1) is 11.7 Å². The molecule has 2 nitrogen and oxygen atoms in total. The fourth-order valence-electron chi connectivity index (χ4n) is 1.76. The van der Waals surface area contributed by atoms with E-state index in [1.54, 1.807) is 12.1 Å². The van der Waals surface area contributed by atoms with Crippen LogP contribution in [0.4, 0.5) is 4.39 Å². The minimum Gasteiger partial charge on any atom is -0.494 e. The zero-order valence-corrected chi connectivity index (χ0v) is 8.87. The standard InChI is InChI=1S/C12H16FNO/c1-15-12-7-9(4-5-10(12)13)11(14)6-8-2-3-8/h4-5,7-8,11H,2-3,6,14H2,1H3/t11-/m1/s1. The Morgan fingerprint density at radius 1 is 1.53 bits per heavy atom. The summed E-state index contributed by atoms with van der Waals surface area (Å²) in [7, 11) is 1.47. The summed E-state index contributed by atoms with van der Waals surface area (Å²) in [6.45, 7) is 0. The lowest BCUT2D eigenvalue weighted by Crippen LogP contribution is -2.11. The molecule has 0 aromatic heterocycles. The Morgan fingerprint density at radius 3 is 2.87 bits per heavy atom. The van der Waals surface area contributed by atoms with Crippen molar-refractivity contribution in [3.8, 4) is 5.75 Å². The summed E-state index contributed by atoms with van der Waals surface area (Å²) in [6.07, 6.45) is 3.56. The van der Waals surface area contributed by atoms with Crippen LogP contribution in [-0.4, -0.2) is 7.11 Å². The van der Waals surface area contributed by atoms with Gasteiger partial charge >= 0.3 is 0 Å². The number of halogens is 1. The largest absolute Gasteiger partial charge is 0.494 e. The highest BCUT2D eigenvalue weighted by Gasteiger charge is 2.24. The Bertz CT molecular complexity index is 349. The lowest BCUT2D eigenvalue weighted by atomic mass is 10.0. The third-order valence-corrected chi connectivity index (χ3v) is 2.89. The second kappa shape index (κ2) is 4.19. The van der Waals surface area contributed by atoms with Gasteiger partial charge in [0, 0.05) is 6.04 Å². The van der Waals surface area contributed by atoms with Gasteiger partial charge in [0.15, 0.2) is 11.6 Å². The molecule has 3 heteroatoms. The van der Waals surface area contributed by atoms with E-state index in [0.717, 1.165) is 17.9 Å². The lowest BCUT2D eigenvalue weighted by Gasteiger charge is -2.12. The van der Waals surface area contributed by atoms with Crippen LogP contribution in [0.3, 0.4) is 0 Å². The van der Waals surface area contributed by atoms with Crippen molar-refractivity contribution in [1.29, 1.82) is 0 Å². The van der Waals surface area contributed by atoms with Gasteiger partial charge in [-0.2, -0.15) is 0 Å². The number of rotatable bonds is 4. The molecule has 0 aliphatic heterocycles. The van der Waals surface area contributed by atoms with E-state index < -0.39 is 0 Å². The molecule has 0 heterocycles. The maximum atomic E-state index is 13.1. The molecular weight excluding hydrogens is 193 g/mol. The van der Waals surface area contributed by atoms with Crippen LogP contribution in [0.15, 0.2) is 18.2 Å². The molecule has 1 aromatic rings. The average molecular weight is 209 g/mol. The van der Waals surface area contributed by atoms with Crippen LogP contribution in [0.2, 0.25) is 0 Å². The minimum absolute atomic E-state index is 0.00648. The first-order valence-electron chi connectivity index (χ1n) is 5.29. The van der Waals surface area contributed by atoms with E-state index >= 15 is 0 Å². The Labute approximate surface area is 89.2 Å². The fourth-order valence-corrected chi connectivity index (χ4v) is 1.76. The zero-order chi connectivity index (χ0) is 10.8. The molecule has 0 amide bonds. The summed E-state index contributed by atoms with van der Waals surface area (Å²) in [5, 5.41) is 0. The van der Waals surface area contributed by atoms with E-state index in [4.69, 9.17) is 10.5 Å². The molecule has 2 rings (SSSR count). The number of ether oxygens (including phenoxy) is 1. The maximum Gasteiger partial charge on any atom is 0.165 e. The van der Waals surface area contributed by atoms with Gasteiger partial charge in [-0.15, -0.1) is 0 Å². The molecule has 2 N–H and O–H groups in total. The predicted molar refractivity (Wildman–Crippen MR) is 57.2 cm³/mol. The Morgan fingerprint density at radius 2 is 2.27 bits per heavy atom. The molecule has 1 aromatic carbocycles. The topological polar surface area (TPSA) is 35.2 Å². The summed E-state index contributed by atoms with van der Waals surface area (Å²) in [5.41, 5.74) is 6.99. The normalized spacial score (nSPS) is 17.5. The predicted octanol–water partition coefficient (Wildman–Crippen LogP) is 2.63. The van der Waals surface area contributed by atoms with Gasteiger partial charge in [-0.1, -0.05) is 18.9 Å². The molecule has 0 unspecified atom stereocenters. The summed E-state index contributed by atoms with van der Waals surface area (Å²) in [4.78, 5) is 0. The van der Waals surface area contributed by atoms with Crippen molar-refractivity contribution in [2.75, 3.05) is 7.11 Å². The maximum absolute atomic E-state index is 13.1. The molecule has 0 bridgehead atoms. The number of methoxy groups -OCH3 is 1. The van der Waals surface area contributed by atoms with Crippen molar-refractivity contribution in [2.45, 2.75) is 25.3 Å². The van der Waals surface area contributed by atoms with Crippen LogP contribution < -0.4 is 10.5 Å². The SMILES string of the molecule is COc1cc([C@H](N)CC2CC2)ccc1F. The molecule has 82 valence electrons. The third-order valence-electron chi connectivity index (χ3n) is 2.89. The first-order chi connectivity index (χ1) is 7.20. The van der Waals surface area contributed by atoms with E-state index in [1.165, 1.54) is 26.0 Å². The number of hydrogen-bond acceptors (Lipinski definition) is 2. The molecule has 0 saturated heterocycles. The van der Waals surface area contributed by atoms with Crippen molar-refractivity contribution in [3.63, 3.8) is 0 Å². The highest BCUT2D eigenvalue weighted by molar-refractivity contribution is 5.32. The average Bonchev–Trinajstić information content (AvgIpc) is 3.02. The van der Waals surface area contributed by atoms with Crippen molar-refractivity contribution >= 4 is 0 Å². The summed E-state index contributed by atoms with van der Waals surface area (Å²) >= 11 is 0. The van der Waals surface area contributed by atoms with Crippen molar-refractivity contribution < 1.29 is 9.13 Å². The molecule has 0 radical (unpaired) electrons. The number of hydrogen-bond donors (Lipinski definition) is 1. The van der Waals surface area contributed by atoms with Gasteiger partial charge in [-0.25, -0.2) is 4.39 Å². The summed E-state index contributed by atoms with van der Waals surface area (Å²) < 4.78 is 18.1. The fraction of sp³-hybridized carbons (Fsp3) is 0.500. The van der Waals surface area contributed by atoms with Crippen LogP contribution in [0.25, 0.3) is 0 Å². The Balaban J connectivity index is 2.12. The van der Waals surface area contributed by atoms with Gasteiger partial charge in [0.1, 0.15) is 0 Å². The molecule has 1 aliphatic rings. The first kappa shape index (κ1) is 10.4. The molecule has 15 heavy (non-hydrogen) atoms.